The van der Waals surface area contributed by atoms with Crippen molar-refractivity contribution < 1.29 is 15.3 Å². The molecule has 0 heterocycles. The van der Waals surface area contributed by atoms with Crippen molar-refractivity contribution in [2.45, 2.75) is 18.6 Å². The van der Waals surface area contributed by atoms with Crippen molar-refractivity contribution in [2.24, 2.45) is 5.73 Å². The van der Waals surface area contributed by atoms with Crippen molar-refractivity contribution in [3.8, 4) is 11.5 Å². The molecular formula is C15H17NO3. The molecule has 0 aliphatic heterocycles. The molecule has 2 aromatic rings. The third-order valence-electron chi connectivity index (χ3n) is 3.09. The number of hydrogen-bond donors (Lipinski definition) is 4. The van der Waals surface area contributed by atoms with Crippen LogP contribution in [0.4, 0.5) is 0 Å². The van der Waals surface area contributed by atoms with Crippen LogP contribution in [0.3, 0.4) is 0 Å². The summed E-state index contributed by atoms with van der Waals surface area (Å²) < 4.78 is 0. The van der Waals surface area contributed by atoms with E-state index in [1.807, 2.05) is 30.3 Å². The minimum absolute atomic E-state index is 0.200. The summed E-state index contributed by atoms with van der Waals surface area (Å²) in [4.78, 5) is 0. The molecule has 100 valence electrons. The third-order valence-corrected chi connectivity index (χ3v) is 3.09. The Morgan fingerprint density at radius 1 is 0.947 bits per heavy atom. The van der Waals surface area contributed by atoms with Crippen LogP contribution < -0.4 is 5.73 Å². The van der Waals surface area contributed by atoms with Gasteiger partial charge in [0.05, 0.1) is 12.1 Å². The van der Waals surface area contributed by atoms with Gasteiger partial charge in [-0.25, -0.2) is 0 Å². The second-order valence-electron chi connectivity index (χ2n) is 4.53. The van der Waals surface area contributed by atoms with E-state index in [2.05, 4.69) is 0 Å². The molecule has 0 aliphatic rings. The van der Waals surface area contributed by atoms with Crippen LogP contribution in [-0.4, -0.2) is 21.4 Å². The molecule has 0 saturated carbocycles. The van der Waals surface area contributed by atoms with Crippen LogP contribution in [0.2, 0.25) is 0 Å². The lowest BCUT2D eigenvalue weighted by molar-refractivity contribution is 0.145. The van der Waals surface area contributed by atoms with Crippen LogP contribution in [0.1, 0.15) is 17.2 Å². The zero-order valence-electron chi connectivity index (χ0n) is 10.4. The van der Waals surface area contributed by atoms with Gasteiger partial charge in [0.15, 0.2) is 11.5 Å². The molecule has 4 nitrogen and oxygen atoms in total. The van der Waals surface area contributed by atoms with Crippen molar-refractivity contribution in [2.75, 3.05) is 0 Å². The SMILES string of the molecule is N[C@H](c1ccc(O)c(O)c1)[C@@H](O)Cc1ccccc1. The number of hydrogen-bond acceptors (Lipinski definition) is 4. The van der Waals surface area contributed by atoms with Crippen molar-refractivity contribution in [3.63, 3.8) is 0 Å². The highest BCUT2D eigenvalue weighted by molar-refractivity contribution is 5.41. The quantitative estimate of drug-likeness (QED) is 0.629. The van der Waals surface area contributed by atoms with Crippen LogP contribution in [-0.2, 0) is 6.42 Å². The van der Waals surface area contributed by atoms with E-state index in [0.717, 1.165) is 5.56 Å². The highest BCUT2D eigenvalue weighted by Gasteiger charge is 2.18. The van der Waals surface area contributed by atoms with Gasteiger partial charge in [-0.3, -0.25) is 0 Å². The minimum Gasteiger partial charge on any atom is -0.504 e. The van der Waals surface area contributed by atoms with Gasteiger partial charge in [0.2, 0.25) is 0 Å². The second-order valence-corrected chi connectivity index (χ2v) is 4.53. The maximum atomic E-state index is 10.1. The molecule has 0 spiro atoms. The van der Waals surface area contributed by atoms with Gasteiger partial charge >= 0.3 is 0 Å². The van der Waals surface area contributed by atoms with Gasteiger partial charge in [-0.05, 0) is 23.3 Å². The first-order valence-corrected chi connectivity index (χ1v) is 6.07. The topological polar surface area (TPSA) is 86.7 Å². The van der Waals surface area contributed by atoms with Crippen LogP contribution in [0.15, 0.2) is 48.5 Å². The highest BCUT2D eigenvalue weighted by atomic mass is 16.3. The number of aliphatic hydroxyl groups excluding tert-OH is 1. The molecule has 5 N–H and O–H groups in total. The molecule has 19 heavy (non-hydrogen) atoms. The smallest absolute Gasteiger partial charge is 0.157 e. The molecule has 0 radical (unpaired) electrons. The average molecular weight is 259 g/mol. The minimum atomic E-state index is -0.758. The summed E-state index contributed by atoms with van der Waals surface area (Å²) >= 11 is 0. The number of benzene rings is 2. The Morgan fingerprint density at radius 3 is 2.26 bits per heavy atom. The first-order valence-electron chi connectivity index (χ1n) is 6.07. The third kappa shape index (κ3) is 3.24. The van der Waals surface area contributed by atoms with E-state index in [1.165, 1.54) is 12.1 Å². The van der Waals surface area contributed by atoms with Crippen LogP contribution in [0.5, 0.6) is 11.5 Å². The first kappa shape index (κ1) is 13.4. The van der Waals surface area contributed by atoms with Crippen molar-refractivity contribution in [3.05, 3.63) is 59.7 Å². The first-order chi connectivity index (χ1) is 9.08. The molecule has 2 rings (SSSR count). The molecule has 0 aromatic heterocycles. The van der Waals surface area contributed by atoms with Gasteiger partial charge in [-0.2, -0.15) is 0 Å². The summed E-state index contributed by atoms with van der Waals surface area (Å²) in [7, 11) is 0. The second kappa shape index (κ2) is 5.73. The number of nitrogens with two attached hydrogens (primary N) is 1. The van der Waals surface area contributed by atoms with Gasteiger partial charge in [-0.1, -0.05) is 36.4 Å². The molecule has 0 saturated heterocycles. The fraction of sp³-hybridized carbons (Fsp3) is 0.200. The van der Waals surface area contributed by atoms with Gasteiger partial charge in [0.1, 0.15) is 0 Å². The summed E-state index contributed by atoms with van der Waals surface area (Å²) in [5.41, 5.74) is 7.54. The molecule has 4 heteroatoms. The maximum Gasteiger partial charge on any atom is 0.157 e. The van der Waals surface area contributed by atoms with E-state index in [-0.39, 0.29) is 11.5 Å². The Morgan fingerprint density at radius 2 is 1.63 bits per heavy atom. The van der Waals surface area contributed by atoms with Gasteiger partial charge in [-0.15, -0.1) is 0 Å². The zero-order valence-corrected chi connectivity index (χ0v) is 10.4. The van der Waals surface area contributed by atoms with Crippen molar-refractivity contribution in [1.29, 1.82) is 0 Å². The zero-order chi connectivity index (χ0) is 13.8. The molecule has 0 bridgehead atoms. The normalized spacial score (nSPS) is 14.0. The Kier molecular flexibility index (Phi) is 4.04. The summed E-state index contributed by atoms with van der Waals surface area (Å²) in [5.74, 6) is -0.437. The number of phenols is 2. The summed E-state index contributed by atoms with van der Waals surface area (Å²) in [6.07, 6.45) is -0.324. The van der Waals surface area contributed by atoms with Crippen molar-refractivity contribution >= 4 is 0 Å². The van der Waals surface area contributed by atoms with E-state index in [9.17, 15) is 15.3 Å². The standard InChI is InChI=1S/C15H17NO3/c16-15(11-6-7-12(17)13(18)9-11)14(19)8-10-4-2-1-3-5-10/h1-7,9,14-15,17-19H,8,16H2/t14-,15+/m0/s1. The predicted octanol–water partition coefficient (Wildman–Crippen LogP) is 1.70. The molecule has 2 aromatic carbocycles. The fourth-order valence-electron chi connectivity index (χ4n) is 1.95. The Bertz CT molecular complexity index is 542. The lowest BCUT2D eigenvalue weighted by Crippen LogP contribution is -2.28. The Hall–Kier alpha value is -2.04. The molecule has 0 fully saturated rings. The van der Waals surface area contributed by atoms with E-state index >= 15 is 0 Å². The number of aliphatic hydroxyl groups is 1. The number of phenolic OH excluding ortho intramolecular Hbond substituents is 2. The van der Waals surface area contributed by atoms with Crippen molar-refractivity contribution in [1.82, 2.24) is 0 Å². The Balaban J connectivity index is 2.10. The van der Waals surface area contributed by atoms with Gasteiger partial charge in [0, 0.05) is 6.42 Å². The lowest BCUT2D eigenvalue weighted by Gasteiger charge is -2.19. The molecule has 0 amide bonds. The molecule has 0 aliphatic carbocycles. The largest absolute Gasteiger partial charge is 0.504 e. The van der Waals surface area contributed by atoms with Gasteiger partial charge < -0.3 is 21.1 Å². The van der Waals surface area contributed by atoms with E-state index in [4.69, 9.17) is 5.73 Å². The summed E-state index contributed by atoms with van der Waals surface area (Å²) in [5, 5.41) is 28.8. The monoisotopic (exact) mass is 259 g/mol. The molecular weight excluding hydrogens is 242 g/mol. The predicted molar refractivity (Wildman–Crippen MR) is 72.9 cm³/mol. The average Bonchev–Trinajstić information content (AvgIpc) is 2.42. The molecule has 0 unspecified atom stereocenters. The maximum absolute atomic E-state index is 10.1. The van der Waals surface area contributed by atoms with E-state index in [1.54, 1.807) is 6.07 Å². The summed E-state index contributed by atoms with van der Waals surface area (Å²) in [6.45, 7) is 0. The van der Waals surface area contributed by atoms with E-state index < -0.39 is 12.1 Å². The highest BCUT2D eigenvalue weighted by Crippen LogP contribution is 2.28. The van der Waals surface area contributed by atoms with Crippen LogP contribution >= 0.6 is 0 Å². The van der Waals surface area contributed by atoms with Gasteiger partial charge in [0.25, 0.3) is 0 Å². The Labute approximate surface area is 111 Å². The number of aromatic hydroxyl groups is 2. The van der Waals surface area contributed by atoms with Crippen LogP contribution in [0, 0.1) is 0 Å². The number of rotatable bonds is 4. The van der Waals surface area contributed by atoms with E-state index in [0.29, 0.717) is 12.0 Å². The lowest BCUT2D eigenvalue weighted by atomic mass is 9.96. The summed E-state index contributed by atoms with van der Waals surface area (Å²) in [6, 6.07) is 13.3. The fourth-order valence-corrected chi connectivity index (χ4v) is 1.95. The van der Waals surface area contributed by atoms with Crippen LogP contribution in [0.25, 0.3) is 0 Å². The molecule has 2 atom stereocenters.